The molecule has 0 bridgehead atoms. The van der Waals surface area contributed by atoms with E-state index in [0.717, 1.165) is 0 Å². The molecule has 16 heavy (non-hydrogen) atoms. The molecule has 0 unspecified atom stereocenters. The van der Waals surface area contributed by atoms with Gasteiger partial charge in [0.2, 0.25) is 0 Å². The van der Waals surface area contributed by atoms with Crippen molar-refractivity contribution < 1.29 is 23.8 Å². The standard InChI is InChI=1S/C11H12O5/c1-14-10-5-8(6-12)3-4-9(10)16-7-11(13)15-2/h3-6H,7H2,1-2H3. The molecule has 0 heterocycles. The molecule has 0 N–H and O–H groups in total. The van der Waals surface area contributed by atoms with Gasteiger partial charge in [-0.3, -0.25) is 4.79 Å². The zero-order valence-corrected chi connectivity index (χ0v) is 9.06. The lowest BCUT2D eigenvalue weighted by Gasteiger charge is -2.09. The minimum atomic E-state index is -0.485. The van der Waals surface area contributed by atoms with Crippen molar-refractivity contribution in [2.75, 3.05) is 20.8 Å². The summed E-state index contributed by atoms with van der Waals surface area (Å²) >= 11 is 0. The summed E-state index contributed by atoms with van der Waals surface area (Å²) in [5.74, 6) is 0.300. The Kier molecular flexibility index (Phi) is 4.32. The molecule has 0 atom stereocenters. The van der Waals surface area contributed by atoms with E-state index in [1.807, 2.05) is 0 Å². The number of aldehydes is 1. The van der Waals surface area contributed by atoms with Crippen LogP contribution < -0.4 is 9.47 Å². The quantitative estimate of drug-likeness (QED) is 0.552. The maximum atomic E-state index is 10.9. The first-order valence-corrected chi connectivity index (χ1v) is 4.54. The lowest BCUT2D eigenvalue weighted by molar-refractivity contribution is -0.142. The van der Waals surface area contributed by atoms with Crippen LogP contribution in [0.3, 0.4) is 0 Å². The normalized spacial score (nSPS) is 9.38. The summed E-state index contributed by atoms with van der Waals surface area (Å²) < 4.78 is 14.6. The number of esters is 1. The Morgan fingerprint density at radius 1 is 1.31 bits per heavy atom. The second-order valence-electron chi connectivity index (χ2n) is 2.89. The first kappa shape index (κ1) is 12.0. The highest BCUT2D eigenvalue weighted by Gasteiger charge is 2.08. The highest BCUT2D eigenvalue weighted by Crippen LogP contribution is 2.27. The van der Waals surface area contributed by atoms with Crippen LogP contribution in [-0.4, -0.2) is 33.1 Å². The maximum Gasteiger partial charge on any atom is 0.343 e. The molecule has 0 fully saturated rings. The largest absolute Gasteiger partial charge is 0.493 e. The van der Waals surface area contributed by atoms with Gasteiger partial charge in [0, 0.05) is 5.56 Å². The summed E-state index contributed by atoms with van der Waals surface area (Å²) in [4.78, 5) is 21.4. The van der Waals surface area contributed by atoms with Gasteiger partial charge in [0.05, 0.1) is 14.2 Å². The van der Waals surface area contributed by atoms with Crippen molar-refractivity contribution in [2.45, 2.75) is 0 Å². The van der Waals surface area contributed by atoms with Crippen molar-refractivity contribution in [3.63, 3.8) is 0 Å². The van der Waals surface area contributed by atoms with Crippen LogP contribution in [0.5, 0.6) is 11.5 Å². The van der Waals surface area contributed by atoms with Crippen LogP contribution in [0.2, 0.25) is 0 Å². The Hall–Kier alpha value is -2.04. The predicted octanol–water partition coefficient (Wildman–Crippen LogP) is 1.06. The van der Waals surface area contributed by atoms with Crippen LogP contribution in [0, 0.1) is 0 Å². The molecule has 5 heteroatoms. The molecule has 0 aromatic heterocycles. The van der Waals surface area contributed by atoms with Gasteiger partial charge in [-0.1, -0.05) is 0 Å². The van der Waals surface area contributed by atoms with Crippen LogP contribution in [0.4, 0.5) is 0 Å². The van der Waals surface area contributed by atoms with Gasteiger partial charge >= 0.3 is 5.97 Å². The zero-order valence-electron chi connectivity index (χ0n) is 9.06. The number of methoxy groups -OCH3 is 2. The Morgan fingerprint density at radius 3 is 2.62 bits per heavy atom. The van der Waals surface area contributed by atoms with E-state index in [4.69, 9.17) is 9.47 Å². The molecule has 86 valence electrons. The fourth-order valence-corrected chi connectivity index (χ4v) is 1.07. The van der Waals surface area contributed by atoms with Crippen molar-refractivity contribution in [1.82, 2.24) is 0 Å². The third-order valence-electron chi connectivity index (χ3n) is 1.90. The first-order valence-electron chi connectivity index (χ1n) is 4.54. The predicted molar refractivity (Wildman–Crippen MR) is 55.9 cm³/mol. The van der Waals surface area contributed by atoms with Crippen LogP contribution in [0.15, 0.2) is 18.2 Å². The van der Waals surface area contributed by atoms with Crippen molar-refractivity contribution >= 4 is 12.3 Å². The lowest BCUT2D eigenvalue weighted by Crippen LogP contribution is -2.13. The Morgan fingerprint density at radius 2 is 2.06 bits per heavy atom. The van der Waals surface area contributed by atoms with Gasteiger partial charge in [-0.2, -0.15) is 0 Å². The number of ether oxygens (including phenoxy) is 3. The lowest BCUT2D eigenvalue weighted by atomic mass is 10.2. The number of carbonyl (C=O) groups excluding carboxylic acids is 2. The fourth-order valence-electron chi connectivity index (χ4n) is 1.07. The molecule has 0 saturated heterocycles. The maximum absolute atomic E-state index is 10.9. The molecule has 1 rings (SSSR count). The average molecular weight is 224 g/mol. The van der Waals surface area contributed by atoms with Gasteiger partial charge in [-0.15, -0.1) is 0 Å². The van der Waals surface area contributed by atoms with Gasteiger partial charge < -0.3 is 14.2 Å². The van der Waals surface area contributed by atoms with Crippen molar-refractivity contribution in [2.24, 2.45) is 0 Å². The van der Waals surface area contributed by atoms with E-state index in [1.165, 1.54) is 20.3 Å². The summed E-state index contributed by atoms with van der Waals surface area (Å²) in [6.45, 7) is -0.201. The third kappa shape index (κ3) is 2.98. The van der Waals surface area contributed by atoms with E-state index in [-0.39, 0.29) is 6.61 Å². The SMILES string of the molecule is COC(=O)COc1ccc(C=O)cc1OC. The van der Waals surface area contributed by atoms with E-state index in [1.54, 1.807) is 12.1 Å². The van der Waals surface area contributed by atoms with E-state index in [2.05, 4.69) is 4.74 Å². The molecule has 0 spiro atoms. The summed E-state index contributed by atoms with van der Waals surface area (Å²) in [6, 6.07) is 4.66. The van der Waals surface area contributed by atoms with Gasteiger partial charge in [-0.05, 0) is 18.2 Å². The van der Waals surface area contributed by atoms with Crippen molar-refractivity contribution in [3.8, 4) is 11.5 Å². The van der Waals surface area contributed by atoms with E-state index < -0.39 is 5.97 Å². The van der Waals surface area contributed by atoms with Crippen LogP contribution in [0.1, 0.15) is 10.4 Å². The molecule has 0 aliphatic carbocycles. The molecule has 0 aliphatic rings. The van der Waals surface area contributed by atoms with E-state index >= 15 is 0 Å². The Bertz CT molecular complexity index is 386. The number of hydrogen-bond acceptors (Lipinski definition) is 5. The molecule has 0 amide bonds. The molecule has 0 radical (unpaired) electrons. The second-order valence-corrected chi connectivity index (χ2v) is 2.89. The van der Waals surface area contributed by atoms with Crippen molar-refractivity contribution in [1.29, 1.82) is 0 Å². The highest BCUT2D eigenvalue weighted by molar-refractivity contribution is 5.76. The Balaban J connectivity index is 2.79. The number of rotatable bonds is 5. The van der Waals surface area contributed by atoms with Crippen LogP contribution >= 0.6 is 0 Å². The number of carbonyl (C=O) groups is 2. The molecule has 0 aliphatic heterocycles. The number of benzene rings is 1. The molecule has 0 saturated carbocycles. The van der Waals surface area contributed by atoms with E-state index in [0.29, 0.717) is 23.3 Å². The number of hydrogen-bond donors (Lipinski definition) is 0. The molecular formula is C11H12O5. The minimum Gasteiger partial charge on any atom is -0.493 e. The monoisotopic (exact) mass is 224 g/mol. The molecule has 5 nitrogen and oxygen atoms in total. The third-order valence-corrected chi connectivity index (χ3v) is 1.90. The molecular weight excluding hydrogens is 212 g/mol. The second kappa shape index (κ2) is 5.75. The Labute approximate surface area is 92.9 Å². The average Bonchev–Trinajstić information content (AvgIpc) is 2.35. The van der Waals surface area contributed by atoms with Gasteiger partial charge in [0.15, 0.2) is 18.1 Å². The summed E-state index contributed by atoms with van der Waals surface area (Å²) in [7, 11) is 2.73. The van der Waals surface area contributed by atoms with Crippen LogP contribution in [-0.2, 0) is 9.53 Å². The van der Waals surface area contributed by atoms with Gasteiger partial charge in [0.25, 0.3) is 0 Å². The topological polar surface area (TPSA) is 61.8 Å². The summed E-state index contributed by atoms with van der Waals surface area (Å²) in [5, 5.41) is 0. The van der Waals surface area contributed by atoms with Gasteiger partial charge in [-0.25, -0.2) is 4.79 Å². The van der Waals surface area contributed by atoms with Crippen LogP contribution in [0.25, 0.3) is 0 Å². The zero-order chi connectivity index (χ0) is 12.0. The molecule has 1 aromatic carbocycles. The van der Waals surface area contributed by atoms with E-state index in [9.17, 15) is 9.59 Å². The highest BCUT2D eigenvalue weighted by atomic mass is 16.6. The first-order chi connectivity index (χ1) is 7.71. The van der Waals surface area contributed by atoms with Crippen molar-refractivity contribution in [3.05, 3.63) is 23.8 Å². The minimum absolute atomic E-state index is 0.201. The summed E-state index contributed by atoms with van der Waals surface area (Å²) in [5.41, 5.74) is 0.474. The smallest absolute Gasteiger partial charge is 0.343 e. The fraction of sp³-hybridized carbons (Fsp3) is 0.273. The summed E-state index contributed by atoms with van der Waals surface area (Å²) in [6.07, 6.45) is 0.701. The van der Waals surface area contributed by atoms with Gasteiger partial charge in [0.1, 0.15) is 6.29 Å². The molecule has 1 aromatic rings.